The third-order valence-electron chi connectivity index (χ3n) is 0.837. The van der Waals surface area contributed by atoms with Gasteiger partial charge in [0.25, 0.3) is 0 Å². The number of rotatable bonds is 3. The van der Waals surface area contributed by atoms with Gasteiger partial charge in [0.05, 0.1) is 4.36 Å². The van der Waals surface area contributed by atoms with Crippen LogP contribution in [0.4, 0.5) is 0 Å². The topological polar surface area (TPSA) is 0 Å². The predicted molar refractivity (Wildman–Crippen MR) is 62.8 cm³/mol. The van der Waals surface area contributed by atoms with Crippen molar-refractivity contribution in [3.05, 3.63) is 34.7 Å². The molecule has 0 rings (SSSR count). The van der Waals surface area contributed by atoms with Crippen LogP contribution in [0.1, 0.15) is 20.8 Å². The molecule has 0 N–H and O–H groups in total. The molecule has 0 saturated carbocycles. The quantitative estimate of drug-likeness (QED) is 0.606. The molecule has 0 aromatic carbocycles. The second kappa shape index (κ2) is 13.4. The van der Waals surface area contributed by atoms with E-state index in [1.54, 1.807) is 0 Å². The first-order valence-electron chi connectivity index (χ1n) is 4.00. The van der Waals surface area contributed by atoms with Crippen molar-refractivity contribution in [2.45, 2.75) is 20.8 Å². The van der Waals surface area contributed by atoms with Crippen LogP contribution in [-0.4, -0.2) is 6.26 Å². The summed E-state index contributed by atoms with van der Waals surface area (Å²) in [4.78, 5) is 0. The molecule has 0 nitrogen and oxygen atoms in total. The lowest BCUT2D eigenvalue weighted by Crippen LogP contribution is -1.56. The number of allylic oxidation sites excluding steroid dienone is 5. The van der Waals surface area contributed by atoms with E-state index in [4.69, 9.17) is 11.6 Å². The summed E-state index contributed by atoms with van der Waals surface area (Å²) >= 11 is 7.23. The van der Waals surface area contributed by atoms with Gasteiger partial charge in [0.2, 0.25) is 0 Å². The van der Waals surface area contributed by atoms with Crippen molar-refractivity contribution in [2.24, 2.45) is 0 Å². The maximum atomic E-state index is 5.69. The fourth-order valence-corrected chi connectivity index (χ4v) is 0.662. The average molecular weight is 205 g/mol. The number of hydrogen-bond donors (Lipinski definition) is 0. The third-order valence-corrected chi connectivity index (χ3v) is 1.95. The Bertz CT molecular complexity index is 157. The summed E-state index contributed by atoms with van der Waals surface area (Å²) in [6.07, 6.45) is 11.6. The van der Waals surface area contributed by atoms with Crippen molar-refractivity contribution in [2.75, 3.05) is 6.26 Å². The number of halogens is 1. The highest BCUT2D eigenvalue weighted by molar-refractivity contribution is 8.03. The molecule has 0 radical (unpaired) electrons. The Morgan fingerprint density at radius 3 is 2.17 bits per heavy atom. The third kappa shape index (κ3) is 12.5. The van der Waals surface area contributed by atoms with Crippen LogP contribution in [0.3, 0.4) is 0 Å². The standard InChI is InChI=1S/C8H11ClS.C2H6/c1-3-4-5-6-7-8(9)10-2;1-2/h3-7H,1-2H3;1-2H3/b4-3+,6-5+,8-7-;. The molecule has 0 atom stereocenters. The van der Waals surface area contributed by atoms with Crippen LogP contribution in [0.25, 0.3) is 0 Å². The Labute approximate surface area is 85.4 Å². The van der Waals surface area contributed by atoms with Gasteiger partial charge in [0.1, 0.15) is 0 Å². The van der Waals surface area contributed by atoms with Gasteiger partial charge in [-0.25, -0.2) is 0 Å². The zero-order valence-electron chi connectivity index (χ0n) is 8.17. The van der Waals surface area contributed by atoms with Crippen molar-refractivity contribution in [1.29, 1.82) is 0 Å². The van der Waals surface area contributed by atoms with Crippen LogP contribution >= 0.6 is 23.4 Å². The fraction of sp³-hybridized carbons (Fsp3) is 0.400. The monoisotopic (exact) mass is 204 g/mol. The first-order chi connectivity index (χ1) is 5.81. The molecule has 0 aromatic heterocycles. The van der Waals surface area contributed by atoms with Gasteiger partial charge in [0.15, 0.2) is 0 Å². The van der Waals surface area contributed by atoms with Crippen LogP contribution in [0.5, 0.6) is 0 Å². The molecule has 0 bridgehead atoms. The van der Waals surface area contributed by atoms with Gasteiger partial charge in [-0.2, -0.15) is 0 Å². The zero-order chi connectivity index (χ0) is 9.82. The Kier molecular flexibility index (Phi) is 16.1. The Morgan fingerprint density at radius 1 is 1.17 bits per heavy atom. The zero-order valence-corrected chi connectivity index (χ0v) is 9.75. The second-order valence-electron chi connectivity index (χ2n) is 1.59. The van der Waals surface area contributed by atoms with Crippen LogP contribution in [0, 0.1) is 0 Å². The summed E-state index contributed by atoms with van der Waals surface area (Å²) < 4.78 is 0.806. The highest BCUT2D eigenvalue weighted by Crippen LogP contribution is 2.15. The molecule has 0 unspecified atom stereocenters. The summed E-state index contributed by atoms with van der Waals surface area (Å²) in [6.45, 7) is 5.98. The summed E-state index contributed by atoms with van der Waals surface area (Å²) in [5.74, 6) is 0. The van der Waals surface area contributed by atoms with Gasteiger partial charge in [-0.15, -0.1) is 11.8 Å². The van der Waals surface area contributed by atoms with Crippen molar-refractivity contribution in [3.8, 4) is 0 Å². The molecule has 2 heteroatoms. The molecule has 0 aliphatic carbocycles. The van der Waals surface area contributed by atoms with E-state index < -0.39 is 0 Å². The molecule has 0 aromatic rings. The van der Waals surface area contributed by atoms with Gasteiger partial charge < -0.3 is 0 Å². The predicted octanol–water partition coefficient (Wildman–Crippen LogP) is 4.59. The minimum Gasteiger partial charge on any atom is -0.117 e. The molecule has 70 valence electrons. The molecular formula is C10H17ClS. The maximum absolute atomic E-state index is 5.69. The minimum atomic E-state index is 0.806. The van der Waals surface area contributed by atoms with Gasteiger partial charge in [-0.05, 0) is 19.3 Å². The van der Waals surface area contributed by atoms with E-state index in [0.717, 1.165) is 4.36 Å². The van der Waals surface area contributed by atoms with Crippen molar-refractivity contribution in [3.63, 3.8) is 0 Å². The molecule has 0 aliphatic rings. The maximum Gasteiger partial charge on any atom is 0.0732 e. The van der Waals surface area contributed by atoms with Crippen molar-refractivity contribution in [1.82, 2.24) is 0 Å². The first kappa shape index (κ1) is 14.4. The second-order valence-corrected chi connectivity index (χ2v) is 3.06. The van der Waals surface area contributed by atoms with E-state index in [1.165, 1.54) is 11.8 Å². The van der Waals surface area contributed by atoms with E-state index in [0.29, 0.717) is 0 Å². The summed E-state index contributed by atoms with van der Waals surface area (Å²) in [5.41, 5.74) is 0. The van der Waals surface area contributed by atoms with Crippen molar-refractivity contribution < 1.29 is 0 Å². The van der Waals surface area contributed by atoms with E-state index in [9.17, 15) is 0 Å². The van der Waals surface area contributed by atoms with Gasteiger partial charge >= 0.3 is 0 Å². The fourth-order valence-electron chi connectivity index (χ4n) is 0.375. The van der Waals surface area contributed by atoms with Gasteiger partial charge in [-0.1, -0.05) is 49.8 Å². The lowest BCUT2D eigenvalue weighted by molar-refractivity contribution is 1.50. The largest absolute Gasteiger partial charge is 0.117 e. The normalized spacial score (nSPS) is 11.9. The minimum absolute atomic E-state index is 0.806. The summed E-state index contributed by atoms with van der Waals surface area (Å²) in [7, 11) is 0. The highest BCUT2D eigenvalue weighted by Gasteiger charge is 1.79. The van der Waals surface area contributed by atoms with Crippen LogP contribution in [0.2, 0.25) is 0 Å². The Morgan fingerprint density at radius 2 is 1.75 bits per heavy atom. The van der Waals surface area contributed by atoms with Crippen LogP contribution < -0.4 is 0 Å². The van der Waals surface area contributed by atoms with E-state index in [1.807, 2.05) is 57.4 Å². The molecule has 0 aliphatic heterocycles. The highest BCUT2D eigenvalue weighted by atomic mass is 35.5. The van der Waals surface area contributed by atoms with E-state index in [2.05, 4.69) is 0 Å². The molecule has 12 heavy (non-hydrogen) atoms. The molecule has 0 fully saturated rings. The average Bonchev–Trinajstić information content (AvgIpc) is 2.15. The smallest absolute Gasteiger partial charge is 0.0732 e. The Balaban J connectivity index is 0. The lowest BCUT2D eigenvalue weighted by Gasteiger charge is -1.84. The lowest BCUT2D eigenvalue weighted by atomic mass is 10.4. The van der Waals surface area contributed by atoms with E-state index in [-0.39, 0.29) is 0 Å². The SMILES string of the molecule is C/C=C/C=C/C=C(/Cl)SC.CC. The molecule has 0 heterocycles. The molecule has 0 spiro atoms. The van der Waals surface area contributed by atoms with Crippen LogP contribution in [0.15, 0.2) is 34.7 Å². The number of thioether (sulfide) groups is 1. The Hall–Kier alpha value is -0.140. The molecule has 0 saturated heterocycles. The van der Waals surface area contributed by atoms with Crippen LogP contribution in [-0.2, 0) is 0 Å². The summed E-state index contributed by atoms with van der Waals surface area (Å²) in [6, 6.07) is 0. The first-order valence-corrected chi connectivity index (χ1v) is 5.60. The molecular weight excluding hydrogens is 188 g/mol. The number of hydrogen-bond acceptors (Lipinski definition) is 1. The van der Waals surface area contributed by atoms with Gasteiger partial charge in [0, 0.05) is 0 Å². The van der Waals surface area contributed by atoms with Gasteiger partial charge in [-0.3, -0.25) is 0 Å². The van der Waals surface area contributed by atoms with E-state index >= 15 is 0 Å². The molecule has 0 amide bonds. The summed E-state index contributed by atoms with van der Waals surface area (Å²) in [5, 5.41) is 0. The van der Waals surface area contributed by atoms with Crippen molar-refractivity contribution >= 4 is 23.4 Å².